The largest absolute Gasteiger partial charge is 0.469 e. The van der Waals surface area contributed by atoms with E-state index in [1.165, 1.54) is 32.8 Å². The smallest absolute Gasteiger partial charge is 0.305 e. The second-order valence-electron chi connectivity index (χ2n) is 4.52. The molecule has 0 rings (SSSR count). The summed E-state index contributed by atoms with van der Waals surface area (Å²) in [5.74, 6) is 0.702. The summed E-state index contributed by atoms with van der Waals surface area (Å²) in [7, 11) is 3.20. The van der Waals surface area contributed by atoms with E-state index < -0.39 is 0 Å². The fourth-order valence-corrected chi connectivity index (χ4v) is 1.68. The molecule has 0 heterocycles. The molecule has 20 heavy (non-hydrogen) atoms. The van der Waals surface area contributed by atoms with Crippen molar-refractivity contribution in [2.24, 2.45) is 4.99 Å². The lowest BCUT2D eigenvalue weighted by Gasteiger charge is -2.11. The summed E-state index contributed by atoms with van der Waals surface area (Å²) in [6.45, 7) is 4.00. The molecule has 0 aromatic rings. The highest BCUT2D eigenvalue weighted by Gasteiger charge is 2.00. The number of aliphatic imine (C=N–C) groups is 1. The number of nitrogens with one attached hydrogen (secondary N) is 2. The Balaban J connectivity index is 0. The number of carbonyl (C=O) groups excluding carboxylic acids is 1. The van der Waals surface area contributed by atoms with Gasteiger partial charge in [-0.1, -0.05) is 26.2 Å². The Morgan fingerprint density at radius 1 is 1.05 bits per heavy atom. The number of guanidine groups is 1. The summed E-state index contributed by atoms with van der Waals surface area (Å²) in [6.07, 6.45) is 7.25. The van der Waals surface area contributed by atoms with Gasteiger partial charge in [-0.05, 0) is 19.3 Å². The van der Waals surface area contributed by atoms with E-state index in [1.807, 2.05) is 0 Å². The van der Waals surface area contributed by atoms with E-state index in [1.54, 1.807) is 7.05 Å². The molecule has 0 saturated carbocycles. The Morgan fingerprint density at radius 2 is 1.65 bits per heavy atom. The van der Waals surface area contributed by atoms with Crippen LogP contribution >= 0.6 is 24.0 Å². The molecule has 0 saturated heterocycles. The average molecular weight is 399 g/mol. The van der Waals surface area contributed by atoms with Crippen LogP contribution < -0.4 is 10.6 Å². The first-order valence-corrected chi connectivity index (χ1v) is 7.26. The molecule has 0 amide bonds. The van der Waals surface area contributed by atoms with Crippen LogP contribution in [0.15, 0.2) is 4.99 Å². The van der Waals surface area contributed by atoms with Crippen molar-refractivity contribution in [1.29, 1.82) is 0 Å². The number of esters is 1. The van der Waals surface area contributed by atoms with Crippen molar-refractivity contribution < 1.29 is 9.53 Å². The van der Waals surface area contributed by atoms with Crippen LogP contribution in [-0.4, -0.2) is 39.2 Å². The van der Waals surface area contributed by atoms with Gasteiger partial charge < -0.3 is 15.4 Å². The predicted octanol–water partition coefficient (Wildman–Crippen LogP) is 2.69. The van der Waals surface area contributed by atoms with E-state index in [9.17, 15) is 4.79 Å². The molecule has 0 atom stereocenters. The number of carbonyl (C=O) groups is 1. The number of hydrogen-bond donors (Lipinski definition) is 2. The maximum Gasteiger partial charge on any atom is 0.305 e. The number of methoxy groups -OCH3 is 1. The van der Waals surface area contributed by atoms with Crippen molar-refractivity contribution in [2.75, 3.05) is 27.2 Å². The summed E-state index contributed by atoms with van der Waals surface area (Å²) in [4.78, 5) is 15.1. The Hall–Kier alpha value is -0.530. The second kappa shape index (κ2) is 16.5. The highest BCUT2D eigenvalue weighted by molar-refractivity contribution is 14.0. The summed E-state index contributed by atoms with van der Waals surface area (Å²) in [5.41, 5.74) is 0. The lowest BCUT2D eigenvalue weighted by molar-refractivity contribution is -0.140. The Kier molecular flexibility index (Phi) is 18.0. The van der Waals surface area contributed by atoms with Crippen molar-refractivity contribution in [3.05, 3.63) is 0 Å². The molecule has 6 heteroatoms. The van der Waals surface area contributed by atoms with E-state index in [0.717, 1.165) is 31.9 Å². The number of halogens is 1. The van der Waals surface area contributed by atoms with Crippen LogP contribution in [0.1, 0.15) is 51.9 Å². The number of unbranched alkanes of at least 4 members (excludes halogenated alkanes) is 4. The molecule has 0 spiro atoms. The molecule has 5 nitrogen and oxygen atoms in total. The average Bonchev–Trinajstić information content (AvgIpc) is 2.44. The zero-order valence-electron chi connectivity index (χ0n) is 13.0. The molecule has 0 radical (unpaired) electrons. The molecule has 120 valence electrons. The normalized spacial score (nSPS) is 10.7. The molecule has 0 aliphatic carbocycles. The summed E-state index contributed by atoms with van der Waals surface area (Å²) in [6, 6.07) is 0. The second-order valence-corrected chi connectivity index (χ2v) is 4.52. The van der Waals surface area contributed by atoms with E-state index in [-0.39, 0.29) is 29.9 Å². The lowest BCUT2D eigenvalue weighted by Crippen LogP contribution is -2.38. The molecule has 0 aromatic heterocycles. The topological polar surface area (TPSA) is 62.7 Å². The van der Waals surface area contributed by atoms with E-state index in [0.29, 0.717) is 6.42 Å². The third-order valence-corrected chi connectivity index (χ3v) is 2.87. The monoisotopic (exact) mass is 399 g/mol. The first-order chi connectivity index (χ1) is 9.24. The Morgan fingerprint density at radius 3 is 2.15 bits per heavy atom. The van der Waals surface area contributed by atoms with Gasteiger partial charge in [0.15, 0.2) is 5.96 Å². The highest BCUT2D eigenvalue weighted by Crippen LogP contribution is 1.97. The maximum absolute atomic E-state index is 10.9. The highest BCUT2D eigenvalue weighted by atomic mass is 127. The fraction of sp³-hybridized carbons (Fsp3) is 0.857. The first kappa shape index (κ1) is 21.8. The van der Waals surface area contributed by atoms with Gasteiger partial charge in [-0.2, -0.15) is 0 Å². The Labute approximate surface area is 140 Å². The molecule has 0 aliphatic heterocycles. The quantitative estimate of drug-likeness (QED) is 0.195. The zero-order chi connectivity index (χ0) is 14.3. The molecule has 0 bridgehead atoms. The standard InChI is InChI=1S/C14H29N3O2.HI/c1-4-5-6-8-11-16-14(15-2)17-12-9-7-10-13(18)19-3;/h4-12H2,1-3H3,(H2,15,16,17);1H. The fourth-order valence-electron chi connectivity index (χ4n) is 1.68. The molecular formula is C14H30IN3O2. The maximum atomic E-state index is 10.9. The summed E-state index contributed by atoms with van der Waals surface area (Å²) in [5, 5.41) is 6.53. The van der Waals surface area contributed by atoms with Crippen LogP contribution in [0.25, 0.3) is 0 Å². The van der Waals surface area contributed by atoms with E-state index in [4.69, 9.17) is 0 Å². The summed E-state index contributed by atoms with van der Waals surface area (Å²) < 4.78 is 4.59. The van der Waals surface area contributed by atoms with Gasteiger partial charge in [0.2, 0.25) is 0 Å². The van der Waals surface area contributed by atoms with Crippen molar-refractivity contribution >= 4 is 35.9 Å². The molecule has 0 fully saturated rings. The van der Waals surface area contributed by atoms with Gasteiger partial charge in [-0.3, -0.25) is 9.79 Å². The van der Waals surface area contributed by atoms with Gasteiger partial charge in [-0.25, -0.2) is 0 Å². The van der Waals surface area contributed by atoms with Crippen LogP contribution in [-0.2, 0) is 9.53 Å². The molecule has 0 unspecified atom stereocenters. The van der Waals surface area contributed by atoms with Gasteiger partial charge in [0, 0.05) is 26.6 Å². The minimum Gasteiger partial charge on any atom is -0.469 e. The van der Waals surface area contributed by atoms with Gasteiger partial charge in [0.05, 0.1) is 7.11 Å². The lowest BCUT2D eigenvalue weighted by atomic mass is 10.2. The van der Waals surface area contributed by atoms with Crippen LogP contribution in [0.2, 0.25) is 0 Å². The van der Waals surface area contributed by atoms with Crippen molar-refractivity contribution in [2.45, 2.75) is 51.9 Å². The molecule has 0 aliphatic rings. The van der Waals surface area contributed by atoms with Gasteiger partial charge >= 0.3 is 5.97 Å². The minimum absolute atomic E-state index is 0. The van der Waals surface area contributed by atoms with Crippen LogP contribution in [0.4, 0.5) is 0 Å². The van der Waals surface area contributed by atoms with E-state index in [2.05, 4.69) is 27.3 Å². The zero-order valence-corrected chi connectivity index (χ0v) is 15.4. The molecule has 2 N–H and O–H groups in total. The van der Waals surface area contributed by atoms with Crippen LogP contribution in [0.3, 0.4) is 0 Å². The Bertz CT molecular complexity index is 261. The molecular weight excluding hydrogens is 369 g/mol. The molecule has 0 aromatic carbocycles. The summed E-state index contributed by atoms with van der Waals surface area (Å²) >= 11 is 0. The van der Waals surface area contributed by atoms with Crippen molar-refractivity contribution in [3.8, 4) is 0 Å². The third-order valence-electron chi connectivity index (χ3n) is 2.87. The minimum atomic E-state index is -0.140. The van der Waals surface area contributed by atoms with Gasteiger partial charge in [0.1, 0.15) is 0 Å². The number of rotatable bonds is 10. The van der Waals surface area contributed by atoms with Crippen LogP contribution in [0.5, 0.6) is 0 Å². The van der Waals surface area contributed by atoms with Crippen LogP contribution in [0, 0.1) is 0 Å². The SMILES string of the molecule is CCCCCCNC(=NC)NCCCCC(=O)OC.I. The van der Waals surface area contributed by atoms with Gasteiger partial charge in [-0.15, -0.1) is 24.0 Å². The number of ether oxygens (including phenoxy) is 1. The van der Waals surface area contributed by atoms with Gasteiger partial charge in [0.25, 0.3) is 0 Å². The predicted molar refractivity (Wildman–Crippen MR) is 94.8 cm³/mol. The van der Waals surface area contributed by atoms with E-state index >= 15 is 0 Å². The first-order valence-electron chi connectivity index (χ1n) is 7.26. The number of nitrogens with zero attached hydrogens (tertiary/aromatic N) is 1. The third kappa shape index (κ3) is 13.9. The van der Waals surface area contributed by atoms with Crippen molar-refractivity contribution in [1.82, 2.24) is 10.6 Å². The number of hydrogen-bond acceptors (Lipinski definition) is 3. The van der Waals surface area contributed by atoms with Crippen molar-refractivity contribution in [3.63, 3.8) is 0 Å².